The van der Waals surface area contributed by atoms with Crippen LogP contribution in [0.2, 0.25) is 0 Å². The molecule has 4 nitrogen and oxygen atoms in total. The molecule has 12 heavy (non-hydrogen) atoms. The minimum Gasteiger partial charge on any atom is -0.317 e. The standard InChI is InChI=1S/C8H14N4/c1-3-12-6-10-11-7(12)8(2)4-9-5-8/h6,9H,3-5H2,1-2H3. The van der Waals surface area contributed by atoms with Gasteiger partial charge in [0.25, 0.3) is 0 Å². The third kappa shape index (κ3) is 0.948. The SMILES string of the molecule is CCn1cnnc1C1(C)CNC1. The molecule has 1 fully saturated rings. The Morgan fingerprint density at radius 1 is 1.67 bits per heavy atom. The second kappa shape index (κ2) is 2.55. The largest absolute Gasteiger partial charge is 0.317 e. The van der Waals surface area contributed by atoms with E-state index >= 15 is 0 Å². The second-order valence-corrected chi connectivity index (χ2v) is 3.60. The monoisotopic (exact) mass is 166 g/mol. The summed E-state index contributed by atoms with van der Waals surface area (Å²) in [5, 5.41) is 11.3. The first kappa shape index (κ1) is 7.73. The van der Waals surface area contributed by atoms with Crippen molar-refractivity contribution in [1.82, 2.24) is 20.1 Å². The van der Waals surface area contributed by atoms with Crippen LogP contribution in [-0.2, 0) is 12.0 Å². The molecule has 2 rings (SSSR count). The lowest BCUT2D eigenvalue weighted by Gasteiger charge is -2.38. The summed E-state index contributed by atoms with van der Waals surface area (Å²) in [6.07, 6.45) is 1.80. The van der Waals surface area contributed by atoms with Gasteiger partial charge in [-0.25, -0.2) is 0 Å². The van der Waals surface area contributed by atoms with Crippen LogP contribution >= 0.6 is 0 Å². The van der Waals surface area contributed by atoms with E-state index in [2.05, 4.69) is 33.9 Å². The molecule has 0 atom stereocenters. The third-order valence-electron chi connectivity index (χ3n) is 2.53. The average Bonchev–Trinajstić information content (AvgIpc) is 2.47. The molecule has 4 heteroatoms. The molecule has 0 bridgehead atoms. The van der Waals surface area contributed by atoms with Gasteiger partial charge in [0, 0.05) is 19.6 Å². The lowest BCUT2D eigenvalue weighted by atomic mass is 9.83. The van der Waals surface area contributed by atoms with Crippen molar-refractivity contribution in [2.75, 3.05) is 13.1 Å². The van der Waals surface area contributed by atoms with E-state index in [1.54, 1.807) is 6.33 Å². The van der Waals surface area contributed by atoms with Gasteiger partial charge < -0.3 is 9.88 Å². The van der Waals surface area contributed by atoms with Crippen molar-refractivity contribution in [3.8, 4) is 0 Å². The fourth-order valence-corrected chi connectivity index (χ4v) is 1.61. The lowest BCUT2D eigenvalue weighted by molar-refractivity contribution is 0.279. The van der Waals surface area contributed by atoms with Crippen molar-refractivity contribution in [2.45, 2.75) is 25.8 Å². The van der Waals surface area contributed by atoms with E-state index in [1.807, 2.05) is 0 Å². The number of aromatic nitrogens is 3. The van der Waals surface area contributed by atoms with Crippen molar-refractivity contribution in [1.29, 1.82) is 0 Å². The molecule has 1 aromatic heterocycles. The summed E-state index contributed by atoms with van der Waals surface area (Å²) < 4.78 is 2.11. The van der Waals surface area contributed by atoms with Gasteiger partial charge in [-0.1, -0.05) is 0 Å². The van der Waals surface area contributed by atoms with Gasteiger partial charge in [0.1, 0.15) is 12.2 Å². The highest BCUT2D eigenvalue weighted by atomic mass is 15.3. The fraction of sp³-hybridized carbons (Fsp3) is 0.750. The Morgan fingerprint density at radius 3 is 2.92 bits per heavy atom. The van der Waals surface area contributed by atoms with Gasteiger partial charge in [0.2, 0.25) is 0 Å². The lowest BCUT2D eigenvalue weighted by Crippen LogP contribution is -2.56. The zero-order valence-corrected chi connectivity index (χ0v) is 7.54. The molecule has 0 aromatic carbocycles. The van der Waals surface area contributed by atoms with Crippen LogP contribution in [0.4, 0.5) is 0 Å². The zero-order chi connectivity index (χ0) is 8.60. The molecule has 2 heterocycles. The average molecular weight is 166 g/mol. The summed E-state index contributed by atoms with van der Waals surface area (Å²) in [5.41, 5.74) is 0.215. The van der Waals surface area contributed by atoms with Crippen LogP contribution in [0.3, 0.4) is 0 Å². The maximum absolute atomic E-state index is 4.15. The summed E-state index contributed by atoms with van der Waals surface area (Å²) in [4.78, 5) is 0. The maximum Gasteiger partial charge on any atom is 0.141 e. The molecular formula is C8H14N4. The van der Waals surface area contributed by atoms with Crippen LogP contribution in [0.15, 0.2) is 6.33 Å². The quantitative estimate of drug-likeness (QED) is 0.680. The van der Waals surface area contributed by atoms with Crippen molar-refractivity contribution >= 4 is 0 Å². The van der Waals surface area contributed by atoms with Crippen molar-refractivity contribution in [2.24, 2.45) is 0 Å². The Balaban J connectivity index is 2.31. The van der Waals surface area contributed by atoms with Crippen molar-refractivity contribution in [3.63, 3.8) is 0 Å². The molecule has 0 radical (unpaired) electrons. The van der Waals surface area contributed by atoms with E-state index in [9.17, 15) is 0 Å². The molecule has 1 N–H and O–H groups in total. The Labute approximate surface area is 72.0 Å². The first-order chi connectivity index (χ1) is 5.76. The molecule has 0 amide bonds. The van der Waals surface area contributed by atoms with Gasteiger partial charge in [-0.3, -0.25) is 0 Å². The highest BCUT2D eigenvalue weighted by Crippen LogP contribution is 2.25. The van der Waals surface area contributed by atoms with Crippen LogP contribution < -0.4 is 5.32 Å². The summed E-state index contributed by atoms with van der Waals surface area (Å²) in [5.74, 6) is 1.11. The first-order valence-corrected chi connectivity index (χ1v) is 4.35. The molecular weight excluding hydrogens is 152 g/mol. The van der Waals surface area contributed by atoms with Gasteiger partial charge in [-0.15, -0.1) is 10.2 Å². The number of aryl methyl sites for hydroxylation is 1. The highest BCUT2D eigenvalue weighted by Gasteiger charge is 2.37. The summed E-state index contributed by atoms with van der Waals surface area (Å²) in [7, 11) is 0. The number of nitrogens with one attached hydrogen (secondary N) is 1. The van der Waals surface area contributed by atoms with Crippen LogP contribution in [-0.4, -0.2) is 27.9 Å². The minimum absolute atomic E-state index is 0.215. The van der Waals surface area contributed by atoms with Crippen LogP contribution in [0.1, 0.15) is 19.7 Å². The van der Waals surface area contributed by atoms with Gasteiger partial charge in [-0.2, -0.15) is 0 Å². The topological polar surface area (TPSA) is 42.7 Å². The molecule has 0 spiro atoms. The fourth-order valence-electron chi connectivity index (χ4n) is 1.61. The number of hydrogen-bond donors (Lipinski definition) is 1. The molecule has 0 unspecified atom stereocenters. The minimum atomic E-state index is 0.215. The number of rotatable bonds is 2. The molecule has 1 aliphatic rings. The van der Waals surface area contributed by atoms with E-state index in [0.717, 1.165) is 25.5 Å². The predicted molar refractivity (Wildman–Crippen MR) is 45.9 cm³/mol. The zero-order valence-electron chi connectivity index (χ0n) is 7.54. The normalized spacial score (nSPS) is 20.5. The molecule has 1 aliphatic heterocycles. The van der Waals surface area contributed by atoms with Gasteiger partial charge >= 0.3 is 0 Å². The van der Waals surface area contributed by atoms with Gasteiger partial charge in [-0.05, 0) is 13.8 Å². The van der Waals surface area contributed by atoms with Gasteiger partial charge in [0.15, 0.2) is 0 Å². The molecule has 1 aromatic rings. The van der Waals surface area contributed by atoms with Crippen LogP contribution in [0, 0.1) is 0 Å². The summed E-state index contributed by atoms with van der Waals surface area (Å²) in [6.45, 7) is 7.33. The van der Waals surface area contributed by atoms with Crippen LogP contribution in [0.25, 0.3) is 0 Å². The Hall–Kier alpha value is -0.900. The van der Waals surface area contributed by atoms with Crippen LogP contribution in [0.5, 0.6) is 0 Å². The van der Waals surface area contributed by atoms with E-state index in [-0.39, 0.29) is 5.41 Å². The summed E-state index contributed by atoms with van der Waals surface area (Å²) in [6, 6.07) is 0. The van der Waals surface area contributed by atoms with E-state index in [4.69, 9.17) is 0 Å². The predicted octanol–water partition coefficient (Wildman–Crippen LogP) is 0.159. The second-order valence-electron chi connectivity index (χ2n) is 3.60. The maximum atomic E-state index is 4.15. The molecule has 1 saturated heterocycles. The third-order valence-corrected chi connectivity index (χ3v) is 2.53. The number of hydrogen-bond acceptors (Lipinski definition) is 3. The van der Waals surface area contributed by atoms with Crippen molar-refractivity contribution < 1.29 is 0 Å². The summed E-state index contributed by atoms with van der Waals surface area (Å²) >= 11 is 0. The molecule has 0 saturated carbocycles. The molecule has 0 aliphatic carbocycles. The Morgan fingerprint density at radius 2 is 2.42 bits per heavy atom. The van der Waals surface area contributed by atoms with E-state index in [0.29, 0.717) is 0 Å². The molecule has 66 valence electrons. The smallest absolute Gasteiger partial charge is 0.141 e. The Bertz CT molecular complexity index is 274. The van der Waals surface area contributed by atoms with E-state index in [1.165, 1.54) is 0 Å². The first-order valence-electron chi connectivity index (χ1n) is 4.35. The van der Waals surface area contributed by atoms with E-state index < -0.39 is 0 Å². The van der Waals surface area contributed by atoms with Crippen molar-refractivity contribution in [3.05, 3.63) is 12.2 Å². The Kier molecular flexibility index (Phi) is 1.65. The number of nitrogens with zero attached hydrogens (tertiary/aromatic N) is 3. The van der Waals surface area contributed by atoms with Gasteiger partial charge in [0.05, 0.1) is 5.41 Å². The highest BCUT2D eigenvalue weighted by molar-refractivity contribution is 5.13.